The summed E-state index contributed by atoms with van der Waals surface area (Å²) in [6.45, 7) is 2.33. The highest BCUT2D eigenvalue weighted by atomic mass is 35.5. The Morgan fingerprint density at radius 1 is 1.33 bits per heavy atom. The van der Waals surface area contributed by atoms with Crippen molar-refractivity contribution in [2.24, 2.45) is 5.92 Å². The number of carbonyl (C=O) groups is 2. The molecule has 0 aromatic heterocycles. The van der Waals surface area contributed by atoms with E-state index in [1.54, 1.807) is 30.4 Å². The van der Waals surface area contributed by atoms with E-state index in [4.69, 9.17) is 16.3 Å². The van der Waals surface area contributed by atoms with Gasteiger partial charge in [0, 0.05) is 11.5 Å². The van der Waals surface area contributed by atoms with Crippen LogP contribution in [0.15, 0.2) is 53.1 Å². The fraction of sp³-hybridized carbons (Fsp3) is 0.417. The fourth-order valence-electron chi connectivity index (χ4n) is 3.11. The molecular weight excluding hydrogens is 404 g/mol. The van der Waals surface area contributed by atoms with Gasteiger partial charge in [0.1, 0.15) is 5.75 Å². The predicted octanol–water partition coefficient (Wildman–Crippen LogP) is 4.83. The van der Waals surface area contributed by atoms with Gasteiger partial charge in [0.25, 0.3) is 0 Å². The van der Waals surface area contributed by atoms with Gasteiger partial charge in [0.15, 0.2) is 0 Å². The van der Waals surface area contributed by atoms with Crippen LogP contribution in [0.4, 0.5) is 0 Å². The molecule has 0 spiro atoms. The first-order chi connectivity index (χ1) is 14.4. The maximum Gasteiger partial charge on any atom is 0.308 e. The molecule has 0 saturated carbocycles. The third kappa shape index (κ3) is 7.47. The molecule has 162 valence electrons. The van der Waals surface area contributed by atoms with Gasteiger partial charge < -0.3 is 14.6 Å². The Morgan fingerprint density at radius 3 is 2.87 bits per heavy atom. The number of allylic oxidation sites excluding steroid dienone is 4. The number of benzene rings is 1. The molecule has 1 aliphatic rings. The van der Waals surface area contributed by atoms with Crippen molar-refractivity contribution in [3.05, 3.63) is 58.7 Å². The molecule has 2 rings (SSSR count). The molecule has 0 amide bonds. The number of aliphatic hydroxyl groups is 1. The van der Waals surface area contributed by atoms with Gasteiger partial charge in [-0.1, -0.05) is 68.1 Å². The van der Waals surface area contributed by atoms with Crippen LogP contribution in [0.3, 0.4) is 0 Å². The number of esters is 1. The zero-order chi connectivity index (χ0) is 21.9. The first kappa shape index (κ1) is 23.9. The Bertz CT molecular complexity index is 825. The Hall–Kier alpha value is -2.37. The number of ketones is 1. The van der Waals surface area contributed by atoms with E-state index in [9.17, 15) is 14.7 Å². The maximum absolute atomic E-state index is 12.5. The number of Topliss-reactive ketones (excluding diaryl/α,β-unsaturated/α-hetero) is 1. The fourth-order valence-corrected chi connectivity index (χ4v) is 3.35. The second-order valence-corrected chi connectivity index (χ2v) is 7.57. The molecule has 0 radical (unpaired) electrons. The molecule has 1 aliphatic carbocycles. The lowest BCUT2D eigenvalue weighted by atomic mass is 9.97. The van der Waals surface area contributed by atoms with Gasteiger partial charge in [-0.3, -0.25) is 9.59 Å². The summed E-state index contributed by atoms with van der Waals surface area (Å²) >= 11 is 6.09. The molecule has 5 nitrogen and oxygen atoms in total. The molecule has 0 bridgehead atoms. The van der Waals surface area contributed by atoms with E-state index in [0.717, 1.165) is 24.8 Å². The number of carbonyl (C=O) groups excluding carboxylic acids is 2. The molecule has 1 N–H and O–H groups in total. The summed E-state index contributed by atoms with van der Waals surface area (Å²) in [5.41, 5.74) is 1.33. The highest BCUT2D eigenvalue weighted by Gasteiger charge is 2.27. The normalized spacial score (nSPS) is 18.7. The van der Waals surface area contributed by atoms with Crippen LogP contribution in [0, 0.1) is 5.92 Å². The van der Waals surface area contributed by atoms with Gasteiger partial charge >= 0.3 is 5.97 Å². The Morgan fingerprint density at radius 2 is 2.13 bits per heavy atom. The lowest BCUT2D eigenvalue weighted by Crippen LogP contribution is -2.07. The van der Waals surface area contributed by atoms with E-state index in [1.807, 2.05) is 18.2 Å². The standard InChI is InChI=1S/C24H29ClO5/c1-3-4-5-8-19(26)11-10-18-16-22(25)24(28)21(18)15-17-7-6-9-20(14-17)30-13-12-23(27)29-2/h6-7,9-11,14-16,18-19,26H,3-5,8,12-13H2,1-2H3. The van der Waals surface area contributed by atoms with Crippen LogP contribution < -0.4 is 4.74 Å². The summed E-state index contributed by atoms with van der Waals surface area (Å²) in [7, 11) is 1.34. The Balaban J connectivity index is 2.08. The Kier molecular flexibility index (Phi) is 9.84. The average Bonchev–Trinajstić information content (AvgIpc) is 3.00. The minimum Gasteiger partial charge on any atom is -0.493 e. The van der Waals surface area contributed by atoms with Crippen molar-refractivity contribution in [2.45, 2.75) is 45.1 Å². The quantitative estimate of drug-likeness (QED) is 0.234. The number of methoxy groups -OCH3 is 1. The van der Waals surface area contributed by atoms with Gasteiger partial charge in [-0.25, -0.2) is 0 Å². The summed E-state index contributed by atoms with van der Waals surface area (Å²) in [5.74, 6) is -0.244. The molecule has 30 heavy (non-hydrogen) atoms. The number of hydrogen-bond donors (Lipinski definition) is 1. The van der Waals surface area contributed by atoms with E-state index in [1.165, 1.54) is 7.11 Å². The first-order valence-corrected chi connectivity index (χ1v) is 10.6. The third-order valence-corrected chi connectivity index (χ3v) is 5.09. The van der Waals surface area contributed by atoms with Gasteiger partial charge in [0.05, 0.1) is 31.3 Å². The number of aliphatic hydroxyl groups excluding tert-OH is 1. The molecule has 1 aromatic carbocycles. The van der Waals surface area contributed by atoms with Crippen molar-refractivity contribution in [1.82, 2.24) is 0 Å². The summed E-state index contributed by atoms with van der Waals surface area (Å²) in [6, 6.07) is 7.26. The molecule has 0 heterocycles. The Labute approximate surface area is 183 Å². The first-order valence-electron chi connectivity index (χ1n) is 10.2. The zero-order valence-corrected chi connectivity index (χ0v) is 18.2. The second-order valence-electron chi connectivity index (χ2n) is 7.16. The SMILES string of the molecule is CCCCCC(O)C=CC1C=C(Cl)C(=O)C1=Cc1cccc(OCCC(=O)OC)c1. The molecule has 2 atom stereocenters. The largest absolute Gasteiger partial charge is 0.493 e. The van der Waals surface area contributed by atoms with E-state index in [0.29, 0.717) is 17.7 Å². The minimum atomic E-state index is -0.535. The zero-order valence-electron chi connectivity index (χ0n) is 17.5. The maximum atomic E-state index is 12.5. The van der Waals surface area contributed by atoms with Gasteiger partial charge in [0.2, 0.25) is 5.78 Å². The van der Waals surface area contributed by atoms with Crippen LogP contribution in [0.1, 0.15) is 44.6 Å². The predicted molar refractivity (Wildman–Crippen MR) is 118 cm³/mol. The smallest absolute Gasteiger partial charge is 0.308 e. The third-order valence-electron chi connectivity index (χ3n) is 4.79. The van der Waals surface area contributed by atoms with Crippen LogP contribution in [0.2, 0.25) is 0 Å². The van der Waals surface area contributed by atoms with Crippen LogP contribution in [-0.2, 0) is 14.3 Å². The lowest BCUT2D eigenvalue weighted by Gasteiger charge is -2.09. The van der Waals surface area contributed by atoms with Crippen molar-refractivity contribution >= 4 is 29.4 Å². The van der Waals surface area contributed by atoms with Crippen LogP contribution >= 0.6 is 11.6 Å². The number of halogens is 1. The summed E-state index contributed by atoms with van der Waals surface area (Å²) in [5, 5.41) is 10.3. The monoisotopic (exact) mass is 432 g/mol. The molecule has 1 aromatic rings. The highest BCUT2D eigenvalue weighted by Crippen LogP contribution is 2.32. The van der Waals surface area contributed by atoms with Crippen LogP contribution in [0.25, 0.3) is 6.08 Å². The van der Waals surface area contributed by atoms with Crippen molar-refractivity contribution < 1.29 is 24.2 Å². The molecule has 0 saturated heterocycles. The van der Waals surface area contributed by atoms with E-state index in [-0.39, 0.29) is 35.7 Å². The number of hydrogen-bond acceptors (Lipinski definition) is 5. The van der Waals surface area contributed by atoms with Gasteiger partial charge in [-0.2, -0.15) is 0 Å². The van der Waals surface area contributed by atoms with Crippen molar-refractivity contribution in [2.75, 3.05) is 13.7 Å². The molecule has 0 fully saturated rings. The molecule has 2 unspecified atom stereocenters. The molecule has 6 heteroatoms. The number of ether oxygens (including phenoxy) is 2. The van der Waals surface area contributed by atoms with E-state index < -0.39 is 6.10 Å². The topological polar surface area (TPSA) is 72.8 Å². The average molecular weight is 433 g/mol. The van der Waals surface area contributed by atoms with E-state index in [2.05, 4.69) is 11.7 Å². The molecular formula is C24H29ClO5. The van der Waals surface area contributed by atoms with Crippen molar-refractivity contribution in [3.8, 4) is 5.75 Å². The minimum absolute atomic E-state index is 0.160. The summed E-state index contributed by atoms with van der Waals surface area (Å²) in [6.07, 6.45) is 10.5. The number of rotatable bonds is 11. The number of unbranched alkanes of at least 4 members (excludes halogenated alkanes) is 2. The van der Waals surface area contributed by atoms with Crippen molar-refractivity contribution in [3.63, 3.8) is 0 Å². The van der Waals surface area contributed by atoms with Crippen LogP contribution in [0.5, 0.6) is 5.75 Å². The van der Waals surface area contributed by atoms with Crippen LogP contribution in [-0.4, -0.2) is 36.7 Å². The summed E-state index contributed by atoms with van der Waals surface area (Å²) < 4.78 is 10.2. The summed E-state index contributed by atoms with van der Waals surface area (Å²) in [4.78, 5) is 23.7. The molecule has 0 aliphatic heterocycles. The highest BCUT2D eigenvalue weighted by molar-refractivity contribution is 6.46. The lowest BCUT2D eigenvalue weighted by molar-refractivity contribution is -0.141. The van der Waals surface area contributed by atoms with Crippen molar-refractivity contribution in [1.29, 1.82) is 0 Å². The van der Waals surface area contributed by atoms with E-state index >= 15 is 0 Å². The second kappa shape index (κ2) is 12.4. The van der Waals surface area contributed by atoms with Gasteiger partial charge in [-0.15, -0.1) is 0 Å². The van der Waals surface area contributed by atoms with Gasteiger partial charge in [-0.05, 0) is 30.2 Å².